The molecule has 0 radical (unpaired) electrons. The number of anilines is 1. The average molecular weight is 451 g/mol. The van der Waals surface area contributed by atoms with Crippen molar-refractivity contribution < 1.29 is 4.58 Å². The van der Waals surface area contributed by atoms with Crippen LogP contribution in [0.4, 0.5) is 11.4 Å². The number of benzene rings is 3. The van der Waals surface area contributed by atoms with Gasteiger partial charge in [0.25, 0.3) is 0 Å². The van der Waals surface area contributed by atoms with E-state index >= 15 is 0 Å². The van der Waals surface area contributed by atoms with Gasteiger partial charge in [0.2, 0.25) is 5.69 Å². The molecular weight excluding hydrogens is 414 g/mol. The Kier molecular flexibility index (Phi) is 5.59. The molecule has 0 fully saturated rings. The fourth-order valence-electron chi connectivity index (χ4n) is 5.82. The normalized spacial score (nSPS) is 15.1. The summed E-state index contributed by atoms with van der Waals surface area (Å²) in [7, 11) is 2.18. The van der Waals surface area contributed by atoms with Crippen molar-refractivity contribution in [2.24, 2.45) is 0 Å². The van der Waals surface area contributed by atoms with E-state index in [-0.39, 0.29) is 5.41 Å². The topological polar surface area (TPSA) is 11.2 Å². The van der Waals surface area contributed by atoms with Gasteiger partial charge in [0.05, 0.1) is 5.41 Å². The lowest BCUT2D eigenvalue weighted by molar-refractivity contribution is -0.401. The van der Waals surface area contributed by atoms with Gasteiger partial charge in [-0.3, -0.25) is 0 Å². The molecule has 0 amide bonds. The minimum absolute atomic E-state index is 0.0111. The zero-order valence-electron chi connectivity index (χ0n) is 21.4. The lowest BCUT2D eigenvalue weighted by atomic mass is 9.81. The third-order valence-electron chi connectivity index (χ3n) is 7.69. The summed E-state index contributed by atoms with van der Waals surface area (Å²) >= 11 is 0. The van der Waals surface area contributed by atoms with Crippen LogP contribution in [0.3, 0.4) is 0 Å². The van der Waals surface area contributed by atoms with E-state index in [1.807, 2.05) is 0 Å². The first-order valence-electron chi connectivity index (χ1n) is 12.6. The largest absolute Gasteiger partial charge is 0.372 e. The molecule has 34 heavy (non-hydrogen) atoms. The number of fused-ring (bicyclic) bond motifs is 4. The van der Waals surface area contributed by atoms with Gasteiger partial charge >= 0.3 is 0 Å². The van der Waals surface area contributed by atoms with Crippen LogP contribution in [0.1, 0.15) is 45.7 Å². The molecule has 3 nitrogen and oxygen atoms in total. The van der Waals surface area contributed by atoms with Gasteiger partial charge in [-0.05, 0) is 76.6 Å². The Morgan fingerprint density at radius 3 is 2.21 bits per heavy atom. The molecule has 0 unspecified atom stereocenters. The number of para-hydroxylation sites is 1. The average Bonchev–Trinajstić information content (AvgIpc) is 3.26. The number of aromatic nitrogens is 1. The summed E-state index contributed by atoms with van der Waals surface area (Å²) in [5.74, 6) is 0. The van der Waals surface area contributed by atoms with E-state index in [2.05, 4.69) is 129 Å². The fraction of sp³-hybridized carbons (Fsp3) is 0.323. The lowest BCUT2D eigenvalue weighted by Crippen LogP contribution is -2.26. The molecular formula is C31H36N3+. The molecule has 5 rings (SSSR count). The predicted molar refractivity (Wildman–Crippen MR) is 148 cm³/mol. The standard InChI is InChI=1S/C31H36N3/c1-7-33(8-2)23-16-18-28-25(21-23)24-20-22(14-17-27(24)34(28)9-3)15-19-30-31(4,5)26-12-10-11-13-29(26)32(30)6/h10-21H,7-9H2,1-6H3/q+1. The highest BCUT2D eigenvalue weighted by Crippen LogP contribution is 2.39. The van der Waals surface area contributed by atoms with Gasteiger partial charge < -0.3 is 9.47 Å². The Morgan fingerprint density at radius 1 is 0.853 bits per heavy atom. The second-order valence-electron chi connectivity index (χ2n) is 9.81. The smallest absolute Gasteiger partial charge is 0.209 e. The first kappa shape index (κ1) is 22.5. The molecule has 0 atom stereocenters. The first-order chi connectivity index (χ1) is 16.4. The lowest BCUT2D eigenvalue weighted by Gasteiger charge is -2.21. The molecule has 0 saturated heterocycles. The molecule has 1 aliphatic rings. The summed E-state index contributed by atoms with van der Waals surface area (Å²) in [6.07, 6.45) is 4.59. The quantitative estimate of drug-likeness (QED) is 0.279. The number of hydrogen-bond acceptors (Lipinski definition) is 1. The van der Waals surface area contributed by atoms with E-state index < -0.39 is 0 Å². The van der Waals surface area contributed by atoms with Crippen molar-refractivity contribution in [2.45, 2.75) is 46.6 Å². The van der Waals surface area contributed by atoms with E-state index in [9.17, 15) is 0 Å². The Labute approximate surface area is 203 Å². The van der Waals surface area contributed by atoms with Gasteiger partial charge in [0, 0.05) is 64.8 Å². The van der Waals surface area contributed by atoms with Gasteiger partial charge in [-0.2, -0.15) is 4.58 Å². The minimum Gasteiger partial charge on any atom is -0.372 e. The van der Waals surface area contributed by atoms with Gasteiger partial charge in [0.1, 0.15) is 7.05 Å². The van der Waals surface area contributed by atoms with Crippen molar-refractivity contribution in [2.75, 3.05) is 25.0 Å². The minimum atomic E-state index is -0.0111. The van der Waals surface area contributed by atoms with E-state index in [4.69, 9.17) is 0 Å². The number of nitrogens with zero attached hydrogens (tertiary/aromatic N) is 3. The van der Waals surface area contributed by atoms with E-state index in [0.717, 1.165) is 19.6 Å². The van der Waals surface area contributed by atoms with Crippen LogP contribution in [0.5, 0.6) is 0 Å². The van der Waals surface area contributed by atoms with Crippen LogP contribution in [0.15, 0.2) is 66.7 Å². The summed E-state index contributed by atoms with van der Waals surface area (Å²) in [4.78, 5) is 2.42. The highest BCUT2D eigenvalue weighted by atomic mass is 15.1. The molecule has 3 aromatic carbocycles. The van der Waals surface area contributed by atoms with Gasteiger partial charge in [-0.1, -0.05) is 24.3 Å². The molecule has 174 valence electrons. The number of aryl methyl sites for hydroxylation is 1. The summed E-state index contributed by atoms with van der Waals surface area (Å²) in [5.41, 5.74) is 9.18. The highest BCUT2D eigenvalue weighted by Gasteiger charge is 2.42. The molecule has 0 bridgehead atoms. The van der Waals surface area contributed by atoms with Gasteiger partial charge in [0.15, 0.2) is 5.71 Å². The summed E-state index contributed by atoms with van der Waals surface area (Å²) in [6.45, 7) is 14.3. The Morgan fingerprint density at radius 2 is 1.53 bits per heavy atom. The first-order valence-corrected chi connectivity index (χ1v) is 12.6. The fourth-order valence-corrected chi connectivity index (χ4v) is 5.82. The molecule has 2 heterocycles. The van der Waals surface area contributed by atoms with E-state index in [0.29, 0.717) is 0 Å². The SMILES string of the molecule is CCN(CC)c1ccc2c(c1)c1cc(/C=C/C3=[N+](C)c4ccccc4C3(C)C)ccc1n2CC. The van der Waals surface area contributed by atoms with Crippen LogP contribution in [-0.2, 0) is 12.0 Å². The maximum Gasteiger partial charge on any atom is 0.209 e. The van der Waals surface area contributed by atoms with E-state index in [1.165, 1.54) is 50.0 Å². The third kappa shape index (κ3) is 3.37. The second kappa shape index (κ2) is 8.47. The van der Waals surface area contributed by atoms with Crippen LogP contribution in [0.2, 0.25) is 0 Å². The van der Waals surface area contributed by atoms with Crippen molar-refractivity contribution in [3.8, 4) is 0 Å². The predicted octanol–water partition coefficient (Wildman–Crippen LogP) is 7.38. The highest BCUT2D eigenvalue weighted by molar-refractivity contribution is 6.10. The maximum absolute atomic E-state index is 2.43. The van der Waals surface area contributed by atoms with Crippen LogP contribution in [0.25, 0.3) is 27.9 Å². The van der Waals surface area contributed by atoms with Crippen LogP contribution in [0, 0.1) is 0 Å². The Hall–Kier alpha value is -3.33. The maximum atomic E-state index is 2.43. The molecule has 3 heteroatoms. The van der Waals surface area contributed by atoms with Crippen molar-refractivity contribution >= 4 is 45.0 Å². The molecule has 0 spiro atoms. The van der Waals surface area contributed by atoms with Crippen LogP contribution in [-0.4, -0.2) is 35.0 Å². The summed E-state index contributed by atoms with van der Waals surface area (Å²) in [6, 6.07) is 22.6. The zero-order chi connectivity index (χ0) is 24.0. The zero-order valence-corrected chi connectivity index (χ0v) is 21.4. The molecule has 1 aliphatic heterocycles. The van der Waals surface area contributed by atoms with Crippen molar-refractivity contribution in [3.05, 3.63) is 77.9 Å². The number of hydrogen-bond donors (Lipinski definition) is 0. The van der Waals surface area contributed by atoms with Gasteiger partial charge in [-0.25, -0.2) is 0 Å². The van der Waals surface area contributed by atoms with Crippen molar-refractivity contribution in [1.29, 1.82) is 0 Å². The third-order valence-corrected chi connectivity index (χ3v) is 7.69. The van der Waals surface area contributed by atoms with Crippen molar-refractivity contribution in [3.63, 3.8) is 0 Å². The Balaban J connectivity index is 1.60. The van der Waals surface area contributed by atoms with Crippen LogP contribution >= 0.6 is 0 Å². The molecule has 0 N–H and O–H groups in total. The summed E-state index contributed by atoms with van der Waals surface area (Å²) < 4.78 is 4.77. The molecule has 4 aromatic rings. The monoisotopic (exact) mass is 450 g/mol. The molecule has 1 aromatic heterocycles. The van der Waals surface area contributed by atoms with Gasteiger partial charge in [-0.15, -0.1) is 0 Å². The van der Waals surface area contributed by atoms with Crippen LogP contribution < -0.4 is 4.90 Å². The summed E-state index contributed by atoms with van der Waals surface area (Å²) in [5, 5.41) is 2.68. The van der Waals surface area contributed by atoms with E-state index in [1.54, 1.807) is 0 Å². The molecule has 0 aliphatic carbocycles. The van der Waals surface area contributed by atoms with Crippen molar-refractivity contribution in [1.82, 2.24) is 4.57 Å². The Bertz CT molecular complexity index is 1440. The molecule has 0 saturated carbocycles. The second-order valence-corrected chi connectivity index (χ2v) is 9.81. The number of rotatable bonds is 6. The number of allylic oxidation sites excluding steroid dienone is 1.